The molecule has 18 heteroatoms. The van der Waals surface area contributed by atoms with Crippen molar-refractivity contribution in [3.8, 4) is 11.3 Å². The number of anilines is 3. The molecule has 2 bridgehead atoms. The first-order chi connectivity index (χ1) is 33.2. The number of aromatic nitrogens is 5. The van der Waals surface area contributed by atoms with Crippen molar-refractivity contribution in [3.05, 3.63) is 89.5 Å². The van der Waals surface area contributed by atoms with Crippen molar-refractivity contribution in [1.29, 1.82) is 0 Å². The van der Waals surface area contributed by atoms with Gasteiger partial charge in [-0.2, -0.15) is 0 Å². The van der Waals surface area contributed by atoms with E-state index in [9.17, 15) is 24.0 Å². The molecule has 6 N–H and O–H groups in total. The first kappa shape index (κ1) is 47.1. The van der Waals surface area contributed by atoms with Gasteiger partial charge in [0.2, 0.25) is 23.6 Å². The number of imidazole rings is 1. The summed E-state index contributed by atoms with van der Waals surface area (Å²) in [5, 5.41) is 15.2. The van der Waals surface area contributed by atoms with E-state index >= 15 is 0 Å². The van der Waals surface area contributed by atoms with Gasteiger partial charge in [-0.1, -0.05) is 62.7 Å². The molecule has 2 saturated heterocycles. The number of amides is 5. The van der Waals surface area contributed by atoms with E-state index in [4.69, 9.17) is 15.2 Å². The second kappa shape index (κ2) is 20.3. The number of fused-ring (bicyclic) bond motifs is 3. The zero-order chi connectivity index (χ0) is 48.2. The molecular weight excluding hydrogens is 877 g/mol. The molecule has 4 aromatic heterocycles. The molecule has 3 aliphatic heterocycles. The first-order valence-electron chi connectivity index (χ1n) is 24.3. The second-order valence-electron chi connectivity index (χ2n) is 20.0. The Morgan fingerprint density at radius 2 is 1.72 bits per heavy atom. The Labute approximate surface area is 401 Å². The smallest absolute Gasteiger partial charge is 0.270 e. The van der Waals surface area contributed by atoms with Crippen molar-refractivity contribution in [2.24, 2.45) is 5.92 Å². The molecule has 9 rings (SSSR count). The lowest BCUT2D eigenvalue weighted by atomic mass is 9.85. The van der Waals surface area contributed by atoms with Crippen LogP contribution in [-0.2, 0) is 31.0 Å². The summed E-state index contributed by atoms with van der Waals surface area (Å²) < 4.78 is 7.60. The number of hydrogen-bond acceptors (Lipinski definition) is 13. The molecule has 0 spiro atoms. The number of carbonyl (C=O) groups is 5. The molecule has 5 amide bonds. The van der Waals surface area contributed by atoms with Gasteiger partial charge in [-0.3, -0.25) is 33.7 Å². The number of rotatable bonds is 9. The van der Waals surface area contributed by atoms with E-state index in [-0.39, 0.29) is 60.1 Å². The van der Waals surface area contributed by atoms with Gasteiger partial charge in [0.05, 0.1) is 30.2 Å². The van der Waals surface area contributed by atoms with Crippen molar-refractivity contribution in [1.82, 2.24) is 45.4 Å². The van der Waals surface area contributed by atoms with Crippen molar-refractivity contribution in [2.45, 2.75) is 115 Å². The predicted octanol–water partition coefficient (Wildman–Crippen LogP) is 5.54. The minimum Gasteiger partial charge on any atom is -0.382 e. The van der Waals surface area contributed by atoms with E-state index in [1.54, 1.807) is 18.3 Å². The average molecular weight is 939 g/mol. The third kappa shape index (κ3) is 11.2. The molecule has 1 aromatic carbocycles. The number of nitrogens with two attached hydrogens (primary N) is 1. The van der Waals surface area contributed by atoms with Gasteiger partial charge in [-0.15, -0.1) is 0 Å². The van der Waals surface area contributed by atoms with Crippen molar-refractivity contribution < 1.29 is 28.5 Å². The molecule has 3 fully saturated rings. The lowest BCUT2D eigenvalue weighted by Crippen LogP contribution is -2.52. The number of piperidine rings is 2. The number of benzene rings is 1. The van der Waals surface area contributed by atoms with Crippen LogP contribution < -0.4 is 31.9 Å². The minimum atomic E-state index is -0.760. The number of carbonyl (C=O) groups excluding carboxylic acids is 5. The van der Waals surface area contributed by atoms with Gasteiger partial charge < -0.3 is 36.0 Å². The molecule has 1 aliphatic carbocycles. The molecular formula is C51H62N12O6. The standard InChI is InChI=1S/C51H62N12O6/c1-51(2,3)40-27-41(60-69-40)57-44(66)25-31-10-12-33(13-11-31)45-46-47(52)54-29-37-9-4-5-21-61(22-20-43(65)55-35-8-6-7-34(26-35)48(59-45)63(37)46)30-32-18-23-62(24-19-32)36-14-15-38(53-28-36)49(67)56-39-16-17-42(64)58-50(39)68/h4,9-15,27-29,32,34-35,39H,5-8,16-26,30H2,1-3H3,(H2,52,54)(H,55,65)(H,56,67)(H,57,60,66)(H,58,64,68)/b9-4+/t34-,35-,39?/m1/s1. The zero-order valence-electron chi connectivity index (χ0n) is 39.6. The maximum absolute atomic E-state index is 13.6. The lowest BCUT2D eigenvalue weighted by molar-refractivity contribution is -0.134. The zero-order valence-corrected chi connectivity index (χ0v) is 39.6. The Hall–Kier alpha value is -6.95. The number of nitrogens with one attached hydrogen (secondary N) is 4. The molecule has 362 valence electrons. The van der Waals surface area contributed by atoms with Gasteiger partial charge in [0.1, 0.15) is 40.3 Å². The number of nitrogen functional groups attached to an aromatic ring is 1. The van der Waals surface area contributed by atoms with Crippen molar-refractivity contribution in [3.63, 3.8) is 0 Å². The topological polar surface area (TPSA) is 235 Å². The van der Waals surface area contributed by atoms with Gasteiger partial charge in [0.25, 0.3) is 5.91 Å². The number of imide groups is 1. The quantitative estimate of drug-likeness (QED) is 0.114. The number of pyridine rings is 1. The summed E-state index contributed by atoms with van der Waals surface area (Å²) in [6, 6.07) is 12.4. The van der Waals surface area contributed by atoms with Crippen LogP contribution in [0.4, 0.5) is 17.3 Å². The van der Waals surface area contributed by atoms with Crippen LogP contribution in [0.3, 0.4) is 0 Å². The molecule has 18 nitrogen and oxygen atoms in total. The molecule has 0 radical (unpaired) electrons. The third-order valence-electron chi connectivity index (χ3n) is 13.8. The highest BCUT2D eigenvalue weighted by atomic mass is 16.5. The molecule has 4 aliphatic rings. The maximum atomic E-state index is 13.6. The summed E-state index contributed by atoms with van der Waals surface area (Å²) in [4.78, 5) is 82.1. The lowest BCUT2D eigenvalue weighted by Gasteiger charge is -2.36. The fourth-order valence-corrected chi connectivity index (χ4v) is 10.0. The SMILES string of the molecule is CC(C)(C)c1cc(NC(=O)Cc2ccc(-c3nc4n5c(cnc(N)c35)/C=C/CCN(CC3CCN(c5ccc(C(=O)NC6CCC(=O)NC6=O)nc5)CC3)CCC(=O)N[C@@H]3CCC[C@@H]4C3)cc2)no1. The Morgan fingerprint density at radius 3 is 2.46 bits per heavy atom. The summed E-state index contributed by atoms with van der Waals surface area (Å²) in [7, 11) is 0. The van der Waals surface area contributed by atoms with Crippen molar-refractivity contribution >= 4 is 58.5 Å². The van der Waals surface area contributed by atoms with Crippen LogP contribution >= 0.6 is 0 Å². The fraction of sp³-hybridized carbons (Fsp3) is 0.471. The fourth-order valence-electron chi connectivity index (χ4n) is 10.0. The molecule has 5 aromatic rings. The molecule has 1 saturated carbocycles. The number of nitrogens with zero attached hydrogens (tertiary/aromatic N) is 7. The minimum absolute atomic E-state index is 0.0270. The Bertz CT molecular complexity index is 2730. The Kier molecular flexibility index (Phi) is 13.9. The van der Waals surface area contributed by atoms with Crippen molar-refractivity contribution in [2.75, 3.05) is 48.7 Å². The largest absolute Gasteiger partial charge is 0.382 e. The summed E-state index contributed by atoms with van der Waals surface area (Å²) in [6.45, 7) is 10.1. The van der Waals surface area contributed by atoms with Gasteiger partial charge >= 0.3 is 0 Å². The van der Waals surface area contributed by atoms with Crippen LogP contribution in [0.5, 0.6) is 0 Å². The van der Waals surface area contributed by atoms with Gasteiger partial charge in [-0.05, 0) is 74.6 Å². The summed E-state index contributed by atoms with van der Waals surface area (Å²) in [5.41, 5.74) is 11.7. The molecule has 3 atom stereocenters. The summed E-state index contributed by atoms with van der Waals surface area (Å²) in [6.07, 6.45) is 15.1. The summed E-state index contributed by atoms with van der Waals surface area (Å²) >= 11 is 0. The second-order valence-corrected chi connectivity index (χ2v) is 20.0. The first-order valence-corrected chi connectivity index (χ1v) is 24.3. The normalized spacial score (nSPS) is 21.5. The van der Waals surface area contributed by atoms with E-state index < -0.39 is 17.9 Å². The molecule has 1 unspecified atom stereocenters. The van der Waals surface area contributed by atoms with E-state index in [1.807, 2.05) is 57.3 Å². The van der Waals surface area contributed by atoms with Crippen LogP contribution in [0.25, 0.3) is 22.9 Å². The van der Waals surface area contributed by atoms with Gasteiger partial charge in [0.15, 0.2) is 5.82 Å². The summed E-state index contributed by atoms with van der Waals surface area (Å²) in [5.74, 6) is 1.49. The van der Waals surface area contributed by atoms with E-state index in [0.717, 1.165) is 111 Å². The third-order valence-corrected chi connectivity index (χ3v) is 13.8. The molecule has 69 heavy (non-hydrogen) atoms. The Morgan fingerprint density at radius 1 is 0.913 bits per heavy atom. The van der Waals surface area contributed by atoms with Crippen LogP contribution in [0.2, 0.25) is 0 Å². The number of hydrogen-bond donors (Lipinski definition) is 5. The van der Waals surface area contributed by atoms with Crippen LogP contribution in [0.15, 0.2) is 65.5 Å². The Balaban J connectivity index is 0.863. The van der Waals surface area contributed by atoms with Crippen LogP contribution in [-0.4, -0.2) is 104 Å². The van der Waals surface area contributed by atoms with E-state index in [2.05, 4.69) is 62.7 Å². The van der Waals surface area contributed by atoms with E-state index in [1.165, 1.54) is 0 Å². The highest BCUT2D eigenvalue weighted by Gasteiger charge is 2.32. The highest BCUT2D eigenvalue weighted by Crippen LogP contribution is 2.38. The van der Waals surface area contributed by atoms with Gasteiger partial charge in [-0.25, -0.2) is 15.0 Å². The van der Waals surface area contributed by atoms with Crippen LogP contribution in [0, 0.1) is 5.92 Å². The maximum Gasteiger partial charge on any atom is 0.270 e. The van der Waals surface area contributed by atoms with E-state index in [0.29, 0.717) is 36.3 Å². The average Bonchev–Trinajstić information content (AvgIpc) is 3.98. The molecule has 7 heterocycles. The van der Waals surface area contributed by atoms with Crippen LogP contribution in [0.1, 0.15) is 124 Å². The highest BCUT2D eigenvalue weighted by molar-refractivity contribution is 6.03. The predicted molar refractivity (Wildman–Crippen MR) is 261 cm³/mol. The van der Waals surface area contributed by atoms with Gasteiger partial charge in [0, 0.05) is 74.6 Å². The monoisotopic (exact) mass is 938 g/mol.